The number of thioether (sulfide) groups is 1. The van der Waals surface area contributed by atoms with E-state index in [2.05, 4.69) is 5.32 Å². The van der Waals surface area contributed by atoms with Crippen LogP contribution in [0.15, 0.2) is 47.4 Å². The van der Waals surface area contributed by atoms with Crippen LogP contribution in [0.2, 0.25) is 0 Å². The zero-order valence-electron chi connectivity index (χ0n) is 14.9. The summed E-state index contributed by atoms with van der Waals surface area (Å²) in [5, 5.41) is 13.3. The molecule has 9 heteroatoms. The Morgan fingerprint density at radius 3 is 2.41 bits per heavy atom. The molecule has 27 heavy (non-hydrogen) atoms. The predicted molar refractivity (Wildman–Crippen MR) is 101 cm³/mol. The highest BCUT2D eigenvalue weighted by Gasteiger charge is 2.21. The minimum atomic E-state index is -1.07. The summed E-state index contributed by atoms with van der Waals surface area (Å²) in [6, 6.07) is 10.6. The molecular weight excluding hydrogens is 372 g/mol. The van der Waals surface area contributed by atoms with Crippen molar-refractivity contribution in [2.24, 2.45) is 0 Å². The molecule has 0 bridgehead atoms. The third kappa shape index (κ3) is 5.20. The van der Waals surface area contributed by atoms with E-state index in [0.717, 1.165) is 4.90 Å². The van der Waals surface area contributed by atoms with Crippen LogP contribution in [0.3, 0.4) is 0 Å². The van der Waals surface area contributed by atoms with Crippen molar-refractivity contribution >= 4 is 35.0 Å². The molecule has 142 valence electrons. The second-order valence-electron chi connectivity index (χ2n) is 5.41. The molecule has 0 unspecified atom stereocenters. The third-order valence-corrected chi connectivity index (χ3v) is 4.38. The number of nitro groups is 1. The van der Waals surface area contributed by atoms with Crippen molar-refractivity contribution in [3.8, 4) is 5.75 Å². The summed E-state index contributed by atoms with van der Waals surface area (Å²) < 4.78 is 10.2. The normalized spacial score (nSPS) is 11.4. The highest BCUT2D eigenvalue weighted by Crippen LogP contribution is 2.29. The summed E-state index contributed by atoms with van der Waals surface area (Å²) in [5.74, 6) is -1.08. The standard InChI is InChI=1S/C18H18N2O6S/c1-11(26-18(22)12-4-7-14(27-3)8-5-12)17(21)19-15-9-6-13(20(23)24)10-16(15)25-2/h4-11H,1-3H3,(H,19,21)/t11-/m1/s1. The van der Waals surface area contributed by atoms with E-state index >= 15 is 0 Å². The number of hydrogen-bond donors (Lipinski definition) is 1. The molecule has 0 aromatic heterocycles. The Kier molecular flexibility index (Phi) is 6.78. The van der Waals surface area contributed by atoms with Gasteiger partial charge in [0.05, 0.1) is 29.4 Å². The number of benzene rings is 2. The molecule has 1 atom stereocenters. The van der Waals surface area contributed by atoms with Gasteiger partial charge in [0.25, 0.3) is 11.6 Å². The lowest BCUT2D eigenvalue weighted by Crippen LogP contribution is -2.30. The molecule has 2 rings (SSSR count). The van der Waals surface area contributed by atoms with Gasteiger partial charge in [0, 0.05) is 11.0 Å². The lowest BCUT2D eigenvalue weighted by Gasteiger charge is -2.15. The molecule has 0 saturated carbocycles. The molecule has 2 aromatic rings. The van der Waals surface area contributed by atoms with E-state index in [9.17, 15) is 19.7 Å². The lowest BCUT2D eigenvalue weighted by atomic mass is 10.2. The van der Waals surface area contributed by atoms with E-state index in [1.807, 2.05) is 6.26 Å². The number of ether oxygens (including phenoxy) is 2. The summed E-state index contributed by atoms with van der Waals surface area (Å²) in [6.45, 7) is 1.43. The highest BCUT2D eigenvalue weighted by atomic mass is 32.2. The number of carbonyl (C=O) groups excluding carboxylic acids is 2. The van der Waals surface area contributed by atoms with E-state index < -0.39 is 22.9 Å². The van der Waals surface area contributed by atoms with E-state index in [4.69, 9.17) is 9.47 Å². The lowest BCUT2D eigenvalue weighted by molar-refractivity contribution is -0.384. The minimum absolute atomic E-state index is 0.128. The quantitative estimate of drug-likeness (QED) is 0.333. The number of amides is 1. The molecule has 0 heterocycles. The van der Waals surface area contributed by atoms with Crippen molar-refractivity contribution in [3.05, 3.63) is 58.1 Å². The van der Waals surface area contributed by atoms with Crippen LogP contribution in [-0.2, 0) is 9.53 Å². The first-order valence-corrected chi connectivity index (χ1v) is 9.06. The van der Waals surface area contributed by atoms with Crippen LogP contribution in [0.5, 0.6) is 5.75 Å². The van der Waals surface area contributed by atoms with Crippen molar-refractivity contribution in [3.63, 3.8) is 0 Å². The average molecular weight is 390 g/mol. The number of carbonyl (C=O) groups is 2. The molecule has 0 saturated heterocycles. The van der Waals surface area contributed by atoms with Crippen molar-refractivity contribution in [1.29, 1.82) is 0 Å². The van der Waals surface area contributed by atoms with Gasteiger partial charge in [0.2, 0.25) is 0 Å². The monoisotopic (exact) mass is 390 g/mol. The van der Waals surface area contributed by atoms with Crippen LogP contribution < -0.4 is 10.1 Å². The first-order valence-electron chi connectivity index (χ1n) is 7.84. The maximum absolute atomic E-state index is 12.3. The van der Waals surface area contributed by atoms with Gasteiger partial charge in [0.15, 0.2) is 6.10 Å². The predicted octanol–water partition coefficient (Wildman–Crippen LogP) is 3.51. The second-order valence-corrected chi connectivity index (χ2v) is 6.29. The molecule has 2 aromatic carbocycles. The summed E-state index contributed by atoms with van der Waals surface area (Å²) in [7, 11) is 1.33. The number of hydrogen-bond acceptors (Lipinski definition) is 7. The fraction of sp³-hybridized carbons (Fsp3) is 0.222. The molecular formula is C18H18N2O6S. The van der Waals surface area contributed by atoms with Gasteiger partial charge in [-0.1, -0.05) is 0 Å². The fourth-order valence-electron chi connectivity index (χ4n) is 2.14. The Morgan fingerprint density at radius 2 is 1.85 bits per heavy atom. The van der Waals surface area contributed by atoms with Gasteiger partial charge in [-0.3, -0.25) is 14.9 Å². The van der Waals surface area contributed by atoms with Crippen molar-refractivity contribution < 1.29 is 24.0 Å². The molecule has 0 spiro atoms. The maximum atomic E-state index is 12.3. The van der Waals surface area contributed by atoms with E-state index in [-0.39, 0.29) is 17.1 Å². The Balaban J connectivity index is 2.04. The van der Waals surface area contributed by atoms with Crippen molar-refractivity contribution in [2.45, 2.75) is 17.9 Å². The van der Waals surface area contributed by atoms with E-state index in [1.54, 1.807) is 36.0 Å². The van der Waals surface area contributed by atoms with Gasteiger partial charge in [0.1, 0.15) is 5.75 Å². The number of esters is 1. The first kappa shape index (κ1) is 20.2. The van der Waals surface area contributed by atoms with Gasteiger partial charge in [-0.05, 0) is 43.5 Å². The minimum Gasteiger partial charge on any atom is -0.494 e. The smallest absolute Gasteiger partial charge is 0.338 e. The topological polar surface area (TPSA) is 108 Å². The molecule has 0 radical (unpaired) electrons. The zero-order chi connectivity index (χ0) is 20.0. The average Bonchev–Trinajstić information content (AvgIpc) is 2.67. The maximum Gasteiger partial charge on any atom is 0.338 e. The second kappa shape index (κ2) is 9.04. The van der Waals surface area contributed by atoms with Gasteiger partial charge in [-0.25, -0.2) is 4.79 Å². The van der Waals surface area contributed by atoms with Gasteiger partial charge in [-0.15, -0.1) is 11.8 Å². The summed E-state index contributed by atoms with van der Waals surface area (Å²) in [5.41, 5.74) is 0.402. The fourth-order valence-corrected chi connectivity index (χ4v) is 2.55. The summed E-state index contributed by atoms with van der Waals surface area (Å²) >= 11 is 1.55. The number of methoxy groups -OCH3 is 1. The van der Waals surface area contributed by atoms with Crippen LogP contribution in [0.1, 0.15) is 17.3 Å². The van der Waals surface area contributed by atoms with Crippen LogP contribution in [-0.4, -0.2) is 36.3 Å². The SMILES string of the molecule is COc1cc([N+](=O)[O-])ccc1NC(=O)[C@@H](C)OC(=O)c1ccc(SC)cc1. The van der Waals surface area contributed by atoms with Gasteiger partial charge >= 0.3 is 5.97 Å². The highest BCUT2D eigenvalue weighted by molar-refractivity contribution is 7.98. The van der Waals surface area contributed by atoms with Crippen LogP contribution in [0, 0.1) is 10.1 Å². The largest absolute Gasteiger partial charge is 0.494 e. The molecule has 1 amide bonds. The molecule has 1 N–H and O–H groups in total. The first-order chi connectivity index (χ1) is 12.8. The third-order valence-electron chi connectivity index (χ3n) is 3.63. The molecule has 0 aliphatic carbocycles. The van der Waals surface area contributed by atoms with Crippen LogP contribution in [0.25, 0.3) is 0 Å². The van der Waals surface area contributed by atoms with E-state index in [0.29, 0.717) is 5.56 Å². The van der Waals surface area contributed by atoms with Crippen molar-refractivity contribution in [2.75, 3.05) is 18.7 Å². The van der Waals surface area contributed by atoms with Gasteiger partial charge < -0.3 is 14.8 Å². The number of nitrogens with zero attached hydrogens (tertiary/aromatic N) is 1. The van der Waals surface area contributed by atoms with Gasteiger partial charge in [-0.2, -0.15) is 0 Å². The Labute approximate surface area is 160 Å². The molecule has 0 aliphatic heterocycles. The Morgan fingerprint density at radius 1 is 1.19 bits per heavy atom. The molecule has 0 fully saturated rings. The summed E-state index contributed by atoms with van der Waals surface area (Å²) in [6.07, 6.45) is 0.851. The zero-order valence-corrected chi connectivity index (χ0v) is 15.7. The van der Waals surface area contributed by atoms with Crippen LogP contribution in [0.4, 0.5) is 11.4 Å². The van der Waals surface area contributed by atoms with Crippen molar-refractivity contribution in [1.82, 2.24) is 0 Å². The van der Waals surface area contributed by atoms with E-state index in [1.165, 1.54) is 32.2 Å². The molecule has 8 nitrogen and oxygen atoms in total. The molecule has 0 aliphatic rings. The number of nitro benzene ring substituents is 1. The Hall–Kier alpha value is -3.07. The summed E-state index contributed by atoms with van der Waals surface area (Å²) in [4.78, 5) is 35.7. The number of anilines is 1. The Bertz CT molecular complexity index is 853. The van der Waals surface area contributed by atoms with Crippen LogP contribution >= 0.6 is 11.8 Å². The number of non-ortho nitro benzene ring substituents is 1. The number of nitrogens with one attached hydrogen (secondary N) is 1. The number of rotatable bonds is 7.